The molecule has 23 heavy (non-hydrogen) atoms. The molecule has 126 valence electrons. The molecule has 2 heteroatoms. The van der Waals surface area contributed by atoms with E-state index >= 15 is 0 Å². The zero-order chi connectivity index (χ0) is 16.6. The van der Waals surface area contributed by atoms with Crippen molar-refractivity contribution >= 4 is 11.6 Å². The Kier molecular flexibility index (Phi) is 3.26. The summed E-state index contributed by atoms with van der Waals surface area (Å²) in [6.07, 6.45) is 8.01. The Labute approximate surface area is 140 Å². The number of allylic oxidation sites excluding steroid dienone is 1. The average molecular weight is 314 g/mol. The van der Waals surface area contributed by atoms with Gasteiger partial charge in [0, 0.05) is 18.3 Å². The topological polar surface area (TPSA) is 34.1 Å². The van der Waals surface area contributed by atoms with E-state index in [0.29, 0.717) is 47.6 Å². The third kappa shape index (κ3) is 1.87. The first-order valence-electron chi connectivity index (χ1n) is 9.56. The van der Waals surface area contributed by atoms with Gasteiger partial charge in [0.15, 0.2) is 5.78 Å². The summed E-state index contributed by atoms with van der Waals surface area (Å²) in [5.74, 6) is 3.70. The summed E-state index contributed by atoms with van der Waals surface area (Å²) in [4.78, 5) is 24.6. The van der Waals surface area contributed by atoms with Gasteiger partial charge in [0.1, 0.15) is 5.78 Å². The molecule has 3 saturated carbocycles. The maximum absolute atomic E-state index is 12.5. The minimum Gasteiger partial charge on any atom is -0.299 e. The van der Waals surface area contributed by atoms with E-state index in [1.807, 2.05) is 6.08 Å². The van der Waals surface area contributed by atoms with Crippen LogP contribution in [-0.4, -0.2) is 11.6 Å². The molecule has 7 atom stereocenters. The molecule has 0 radical (unpaired) electrons. The van der Waals surface area contributed by atoms with Crippen molar-refractivity contribution in [3.8, 4) is 0 Å². The lowest BCUT2D eigenvalue weighted by Gasteiger charge is -2.60. The lowest BCUT2D eigenvalue weighted by Crippen LogP contribution is -2.54. The molecule has 0 heterocycles. The number of hydrogen-bond acceptors (Lipinski definition) is 2. The van der Waals surface area contributed by atoms with Gasteiger partial charge in [-0.25, -0.2) is 0 Å². The molecular formula is C21H30O2. The predicted octanol–water partition coefficient (Wildman–Crippen LogP) is 4.58. The zero-order valence-corrected chi connectivity index (χ0v) is 15.0. The molecule has 3 fully saturated rings. The molecule has 0 aromatic heterocycles. The summed E-state index contributed by atoms with van der Waals surface area (Å²) in [5, 5.41) is 0. The van der Waals surface area contributed by atoms with Crippen LogP contribution in [0.3, 0.4) is 0 Å². The Morgan fingerprint density at radius 2 is 1.83 bits per heavy atom. The highest BCUT2D eigenvalue weighted by Crippen LogP contribution is 2.66. The molecule has 2 nitrogen and oxygen atoms in total. The van der Waals surface area contributed by atoms with Crippen molar-refractivity contribution in [3.05, 3.63) is 11.6 Å². The van der Waals surface area contributed by atoms with Crippen molar-refractivity contribution in [2.24, 2.45) is 40.4 Å². The van der Waals surface area contributed by atoms with Crippen molar-refractivity contribution in [2.75, 3.05) is 0 Å². The predicted molar refractivity (Wildman–Crippen MR) is 90.8 cm³/mol. The number of carbonyl (C=O) groups is 2. The van der Waals surface area contributed by atoms with Crippen LogP contribution in [0.15, 0.2) is 11.6 Å². The first-order valence-corrected chi connectivity index (χ1v) is 9.56. The number of fused-ring (bicyclic) bond motifs is 5. The van der Waals surface area contributed by atoms with Gasteiger partial charge in [0.05, 0.1) is 0 Å². The summed E-state index contributed by atoms with van der Waals surface area (Å²) >= 11 is 0. The maximum Gasteiger partial charge on any atom is 0.155 e. The van der Waals surface area contributed by atoms with E-state index < -0.39 is 0 Å². The van der Waals surface area contributed by atoms with E-state index in [4.69, 9.17) is 0 Å². The summed E-state index contributed by atoms with van der Waals surface area (Å²) < 4.78 is 0. The number of hydrogen-bond donors (Lipinski definition) is 0. The molecule has 0 aliphatic heterocycles. The third-order valence-electron chi connectivity index (χ3n) is 8.54. The van der Waals surface area contributed by atoms with Crippen molar-refractivity contribution in [1.29, 1.82) is 0 Å². The summed E-state index contributed by atoms with van der Waals surface area (Å²) in [6.45, 7) is 9.28. The third-order valence-corrected chi connectivity index (χ3v) is 8.54. The van der Waals surface area contributed by atoms with E-state index in [2.05, 4.69) is 27.7 Å². The Balaban J connectivity index is 1.78. The fourth-order valence-electron chi connectivity index (χ4n) is 7.11. The Bertz CT molecular complexity index is 603. The van der Waals surface area contributed by atoms with Gasteiger partial charge in [-0.3, -0.25) is 9.59 Å². The number of Topliss-reactive ketones (excluding diaryl/α,β-unsaturated/α-hetero) is 1. The van der Waals surface area contributed by atoms with E-state index in [-0.39, 0.29) is 10.8 Å². The minimum atomic E-state index is -0.0494. The molecule has 0 bridgehead atoms. The summed E-state index contributed by atoms with van der Waals surface area (Å²) in [6, 6.07) is 0. The maximum atomic E-state index is 12.5. The minimum absolute atomic E-state index is 0.0494. The van der Waals surface area contributed by atoms with Crippen LogP contribution in [0.1, 0.15) is 66.2 Å². The molecule has 0 aromatic carbocycles. The van der Waals surface area contributed by atoms with Crippen molar-refractivity contribution in [3.63, 3.8) is 0 Å². The zero-order valence-electron chi connectivity index (χ0n) is 15.0. The molecule has 0 amide bonds. The monoisotopic (exact) mass is 314 g/mol. The fraction of sp³-hybridized carbons (Fsp3) is 0.810. The molecule has 4 rings (SSSR count). The molecule has 4 aliphatic carbocycles. The van der Waals surface area contributed by atoms with Gasteiger partial charge in [-0.05, 0) is 66.8 Å². The van der Waals surface area contributed by atoms with Crippen LogP contribution in [0, 0.1) is 40.4 Å². The van der Waals surface area contributed by atoms with E-state index in [0.717, 1.165) is 19.3 Å². The Morgan fingerprint density at radius 1 is 1.09 bits per heavy atom. The second-order valence-corrected chi connectivity index (χ2v) is 9.39. The highest BCUT2D eigenvalue weighted by atomic mass is 16.1. The molecule has 0 N–H and O–H groups in total. The lowest BCUT2D eigenvalue weighted by molar-refractivity contribution is -0.134. The van der Waals surface area contributed by atoms with Crippen LogP contribution in [0.4, 0.5) is 0 Å². The van der Waals surface area contributed by atoms with Crippen LogP contribution < -0.4 is 0 Å². The first-order chi connectivity index (χ1) is 10.8. The van der Waals surface area contributed by atoms with Crippen LogP contribution >= 0.6 is 0 Å². The van der Waals surface area contributed by atoms with Crippen LogP contribution in [-0.2, 0) is 9.59 Å². The normalized spacial score (nSPS) is 52.5. The van der Waals surface area contributed by atoms with Gasteiger partial charge < -0.3 is 0 Å². The molecule has 4 aliphatic rings. The quantitative estimate of drug-likeness (QED) is 0.656. The average Bonchev–Trinajstić information content (AvgIpc) is 2.78. The van der Waals surface area contributed by atoms with Crippen LogP contribution in [0.25, 0.3) is 0 Å². The smallest absolute Gasteiger partial charge is 0.155 e. The van der Waals surface area contributed by atoms with E-state index in [1.165, 1.54) is 18.4 Å². The fourth-order valence-corrected chi connectivity index (χ4v) is 7.11. The van der Waals surface area contributed by atoms with Gasteiger partial charge in [-0.15, -0.1) is 0 Å². The Morgan fingerprint density at radius 3 is 2.57 bits per heavy atom. The molecule has 2 unspecified atom stereocenters. The number of carbonyl (C=O) groups excluding carboxylic acids is 2. The first kappa shape index (κ1) is 15.6. The van der Waals surface area contributed by atoms with Crippen molar-refractivity contribution in [1.82, 2.24) is 0 Å². The highest BCUT2D eigenvalue weighted by Gasteiger charge is 2.61. The largest absolute Gasteiger partial charge is 0.299 e. The SMILES string of the molecule is CC1C[C@@H]2[C@@H](CC[C@]3(C)C(=O)CC[C@@H]23)[C@]2(C)C1=CC(=O)CC2C. The van der Waals surface area contributed by atoms with Crippen LogP contribution in [0.5, 0.6) is 0 Å². The molecule has 0 spiro atoms. The molecule has 0 aromatic rings. The lowest BCUT2D eigenvalue weighted by atomic mass is 9.44. The summed E-state index contributed by atoms with van der Waals surface area (Å²) in [5.41, 5.74) is 1.55. The number of ketones is 2. The van der Waals surface area contributed by atoms with Crippen molar-refractivity contribution < 1.29 is 9.59 Å². The second kappa shape index (κ2) is 4.80. The van der Waals surface area contributed by atoms with Gasteiger partial charge in [0.25, 0.3) is 0 Å². The van der Waals surface area contributed by atoms with Gasteiger partial charge in [-0.2, -0.15) is 0 Å². The van der Waals surface area contributed by atoms with Gasteiger partial charge >= 0.3 is 0 Å². The van der Waals surface area contributed by atoms with E-state index in [9.17, 15) is 9.59 Å². The molecule has 0 saturated heterocycles. The second-order valence-electron chi connectivity index (χ2n) is 9.39. The van der Waals surface area contributed by atoms with Crippen molar-refractivity contribution in [2.45, 2.75) is 66.2 Å². The van der Waals surface area contributed by atoms with Crippen LogP contribution in [0.2, 0.25) is 0 Å². The van der Waals surface area contributed by atoms with E-state index in [1.54, 1.807) is 0 Å². The Hall–Kier alpha value is -0.920. The highest BCUT2D eigenvalue weighted by molar-refractivity contribution is 5.92. The molecular weight excluding hydrogens is 284 g/mol. The standard InChI is InChI=1S/C21H30O2/c1-12-9-15-16-5-6-19(23)20(16,3)8-7-17(15)21(4)13(2)10-14(22)11-18(12)21/h11-13,15-17H,5-10H2,1-4H3/t12?,13?,15-,16-,17+,20-,21+/m0/s1. The summed E-state index contributed by atoms with van der Waals surface area (Å²) in [7, 11) is 0. The number of rotatable bonds is 0. The van der Waals surface area contributed by atoms with Gasteiger partial charge in [-0.1, -0.05) is 33.3 Å². The van der Waals surface area contributed by atoms with Gasteiger partial charge in [0.2, 0.25) is 0 Å².